The molecule has 0 atom stereocenters. The smallest absolute Gasteiger partial charge is 0.207 e. The summed E-state index contributed by atoms with van der Waals surface area (Å²) >= 11 is 0. The lowest BCUT2D eigenvalue weighted by atomic mass is 10.1. The Bertz CT molecular complexity index is 767. The Morgan fingerprint density at radius 3 is 2.67 bits per heavy atom. The molecule has 2 aliphatic rings. The Morgan fingerprint density at radius 2 is 1.83 bits per heavy atom. The van der Waals surface area contributed by atoms with Crippen LogP contribution >= 0.6 is 0 Å². The van der Waals surface area contributed by atoms with Gasteiger partial charge in [0.2, 0.25) is 5.82 Å². The van der Waals surface area contributed by atoms with Crippen LogP contribution in [-0.2, 0) is 6.42 Å². The van der Waals surface area contributed by atoms with Crippen molar-refractivity contribution in [3.05, 3.63) is 47.4 Å². The number of nitrogens with one attached hydrogen (secondary N) is 2. The van der Waals surface area contributed by atoms with Crippen LogP contribution in [0.15, 0.2) is 30.3 Å². The zero-order valence-electron chi connectivity index (χ0n) is 13.8. The van der Waals surface area contributed by atoms with Crippen molar-refractivity contribution in [2.45, 2.75) is 44.6 Å². The second-order valence-corrected chi connectivity index (χ2v) is 6.49. The molecule has 0 bridgehead atoms. The number of aryl methyl sites for hydroxylation is 1. The molecular formula is C20H22N4. The van der Waals surface area contributed by atoms with E-state index < -0.39 is 0 Å². The standard InChI is InChI=1S/C20H22N4/c1-2-7-15(8-3-1)12-13-18-23-17-11-6-14-21-19(17)20(24-18)22-16-9-4-5-10-16/h1-3,7-8,16,21H,4-6,9-11,14H2,(H,22,23,24). The molecule has 0 amide bonds. The lowest BCUT2D eigenvalue weighted by Crippen LogP contribution is -2.22. The number of hydrogen-bond acceptors (Lipinski definition) is 4. The number of fused-ring (bicyclic) bond motifs is 1. The van der Waals surface area contributed by atoms with Crippen LogP contribution in [0.4, 0.5) is 11.5 Å². The van der Waals surface area contributed by atoms with Gasteiger partial charge in [0.05, 0.1) is 11.4 Å². The normalized spacial score (nSPS) is 16.7. The molecule has 1 saturated carbocycles. The van der Waals surface area contributed by atoms with Crippen molar-refractivity contribution < 1.29 is 0 Å². The molecule has 0 saturated heterocycles. The van der Waals surface area contributed by atoms with Gasteiger partial charge in [0, 0.05) is 18.2 Å². The van der Waals surface area contributed by atoms with E-state index in [2.05, 4.69) is 27.5 Å². The number of rotatable bonds is 2. The minimum atomic E-state index is 0.530. The third-order valence-corrected chi connectivity index (χ3v) is 4.66. The fraction of sp³-hybridized carbons (Fsp3) is 0.400. The number of aromatic nitrogens is 2. The predicted molar refractivity (Wildman–Crippen MR) is 97.1 cm³/mol. The lowest BCUT2D eigenvalue weighted by Gasteiger charge is -2.22. The Kier molecular flexibility index (Phi) is 4.33. The van der Waals surface area contributed by atoms with Crippen molar-refractivity contribution in [3.63, 3.8) is 0 Å². The molecule has 0 spiro atoms. The van der Waals surface area contributed by atoms with Gasteiger partial charge < -0.3 is 10.6 Å². The summed E-state index contributed by atoms with van der Waals surface area (Å²) in [6, 6.07) is 10.5. The Morgan fingerprint density at radius 1 is 1.00 bits per heavy atom. The molecule has 1 fully saturated rings. The van der Waals surface area contributed by atoms with Crippen molar-refractivity contribution >= 4 is 11.5 Å². The highest BCUT2D eigenvalue weighted by Gasteiger charge is 2.21. The van der Waals surface area contributed by atoms with E-state index in [1.807, 2.05) is 30.3 Å². The molecule has 2 heterocycles. The van der Waals surface area contributed by atoms with Crippen LogP contribution in [0.5, 0.6) is 0 Å². The molecule has 2 N–H and O–H groups in total. The van der Waals surface area contributed by atoms with E-state index in [0.29, 0.717) is 11.9 Å². The molecule has 1 aromatic heterocycles. The van der Waals surface area contributed by atoms with Crippen molar-refractivity contribution in [2.24, 2.45) is 0 Å². The van der Waals surface area contributed by atoms with Crippen molar-refractivity contribution in [1.29, 1.82) is 0 Å². The van der Waals surface area contributed by atoms with E-state index in [1.54, 1.807) is 0 Å². The zero-order chi connectivity index (χ0) is 16.2. The fourth-order valence-electron chi connectivity index (χ4n) is 3.42. The van der Waals surface area contributed by atoms with Crippen molar-refractivity contribution in [1.82, 2.24) is 9.97 Å². The van der Waals surface area contributed by atoms with Crippen LogP contribution in [0.1, 0.15) is 49.2 Å². The number of hydrogen-bond donors (Lipinski definition) is 2. The zero-order valence-corrected chi connectivity index (χ0v) is 13.8. The van der Waals surface area contributed by atoms with Crippen LogP contribution in [0.25, 0.3) is 0 Å². The quantitative estimate of drug-likeness (QED) is 0.831. The van der Waals surface area contributed by atoms with E-state index in [-0.39, 0.29) is 0 Å². The number of benzene rings is 1. The molecule has 1 aromatic carbocycles. The largest absolute Gasteiger partial charge is 0.381 e. The van der Waals surface area contributed by atoms with Crippen molar-refractivity contribution in [2.75, 3.05) is 17.2 Å². The highest BCUT2D eigenvalue weighted by molar-refractivity contribution is 5.69. The third kappa shape index (κ3) is 3.35. The van der Waals surface area contributed by atoms with E-state index in [1.165, 1.54) is 25.7 Å². The summed E-state index contributed by atoms with van der Waals surface area (Å²) in [5, 5.41) is 7.10. The van der Waals surface area contributed by atoms with Crippen LogP contribution in [-0.4, -0.2) is 22.6 Å². The molecule has 0 radical (unpaired) electrons. The average molecular weight is 318 g/mol. The van der Waals surface area contributed by atoms with Gasteiger partial charge >= 0.3 is 0 Å². The Hall–Kier alpha value is -2.54. The SMILES string of the molecule is C(#Cc1nc2c(c(NC3CCCC3)n1)NCCC2)c1ccccc1. The van der Waals surface area contributed by atoms with Gasteiger partial charge in [-0.15, -0.1) is 0 Å². The summed E-state index contributed by atoms with van der Waals surface area (Å²) in [5.41, 5.74) is 3.16. The maximum atomic E-state index is 4.71. The highest BCUT2D eigenvalue weighted by Crippen LogP contribution is 2.30. The van der Waals surface area contributed by atoms with E-state index >= 15 is 0 Å². The van der Waals surface area contributed by atoms with Gasteiger partial charge in [-0.05, 0) is 43.7 Å². The van der Waals surface area contributed by atoms with Crippen molar-refractivity contribution in [3.8, 4) is 11.8 Å². The van der Waals surface area contributed by atoms with Gasteiger partial charge in [0.1, 0.15) is 0 Å². The van der Waals surface area contributed by atoms with Gasteiger partial charge in [0.15, 0.2) is 5.82 Å². The molecule has 0 unspecified atom stereocenters. The maximum absolute atomic E-state index is 4.71. The van der Waals surface area contributed by atoms with Gasteiger partial charge in [-0.25, -0.2) is 9.97 Å². The monoisotopic (exact) mass is 318 g/mol. The lowest BCUT2D eigenvalue weighted by molar-refractivity contribution is 0.741. The van der Waals surface area contributed by atoms with Crippen LogP contribution in [0.3, 0.4) is 0 Å². The van der Waals surface area contributed by atoms with Gasteiger partial charge in [0.25, 0.3) is 0 Å². The molecule has 4 rings (SSSR count). The molecule has 1 aliphatic heterocycles. The van der Waals surface area contributed by atoms with Gasteiger partial charge in [-0.1, -0.05) is 37.0 Å². The van der Waals surface area contributed by atoms with E-state index in [4.69, 9.17) is 4.98 Å². The van der Waals surface area contributed by atoms with Crippen LogP contribution in [0, 0.1) is 11.8 Å². The molecule has 4 nitrogen and oxygen atoms in total. The third-order valence-electron chi connectivity index (χ3n) is 4.66. The minimum Gasteiger partial charge on any atom is -0.381 e. The Balaban J connectivity index is 1.66. The first-order valence-electron chi connectivity index (χ1n) is 8.87. The predicted octanol–water partition coefficient (Wildman–Crippen LogP) is 3.59. The number of anilines is 2. The Labute approximate surface area is 143 Å². The molecule has 2 aromatic rings. The molecule has 1 aliphatic carbocycles. The topological polar surface area (TPSA) is 49.8 Å². The first-order valence-corrected chi connectivity index (χ1v) is 8.87. The highest BCUT2D eigenvalue weighted by atomic mass is 15.1. The van der Waals surface area contributed by atoms with Gasteiger partial charge in [-0.3, -0.25) is 0 Å². The number of nitrogens with zero attached hydrogens (tertiary/aromatic N) is 2. The summed E-state index contributed by atoms with van der Waals surface area (Å²) in [7, 11) is 0. The fourth-order valence-corrected chi connectivity index (χ4v) is 3.42. The second-order valence-electron chi connectivity index (χ2n) is 6.49. The van der Waals surface area contributed by atoms with Crippen LogP contribution < -0.4 is 10.6 Å². The summed E-state index contributed by atoms with van der Waals surface area (Å²) < 4.78 is 0. The molecule has 122 valence electrons. The summed E-state index contributed by atoms with van der Waals surface area (Å²) in [6.45, 7) is 0.991. The average Bonchev–Trinajstić information content (AvgIpc) is 3.14. The minimum absolute atomic E-state index is 0.530. The van der Waals surface area contributed by atoms with Crippen LogP contribution in [0.2, 0.25) is 0 Å². The molecule has 4 heteroatoms. The van der Waals surface area contributed by atoms with E-state index in [0.717, 1.165) is 42.1 Å². The van der Waals surface area contributed by atoms with E-state index in [9.17, 15) is 0 Å². The summed E-state index contributed by atoms with van der Waals surface area (Å²) in [5.74, 6) is 7.85. The summed E-state index contributed by atoms with van der Waals surface area (Å²) in [4.78, 5) is 9.38. The summed E-state index contributed by atoms with van der Waals surface area (Å²) in [6.07, 6.45) is 7.16. The molecule has 24 heavy (non-hydrogen) atoms. The molecular weight excluding hydrogens is 296 g/mol. The first kappa shape index (κ1) is 15.0. The first-order chi connectivity index (χ1) is 11.9. The second kappa shape index (κ2) is 6.92. The maximum Gasteiger partial charge on any atom is 0.207 e. The van der Waals surface area contributed by atoms with Gasteiger partial charge in [-0.2, -0.15) is 0 Å².